The van der Waals surface area contributed by atoms with Gasteiger partial charge in [0.15, 0.2) is 0 Å². The molecule has 162 valence electrons. The van der Waals surface area contributed by atoms with Crippen LogP contribution in [0.4, 0.5) is 4.39 Å². The van der Waals surface area contributed by atoms with E-state index in [9.17, 15) is 17.6 Å². The Bertz CT molecular complexity index is 947. The fraction of sp³-hybridized carbons (Fsp3) is 0.381. The molecule has 9 heteroatoms. The molecular formula is C21H25FN2O5S. The summed E-state index contributed by atoms with van der Waals surface area (Å²) in [6, 6.07) is 14.9. The second-order valence-corrected chi connectivity index (χ2v) is 9.30. The second kappa shape index (κ2) is 10.1. The number of hydroxylamine groups is 1. The molecule has 2 aromatic carbocycles. The van der Waals surface area contributed by atoms with Gasteiger partial charge in [-0.15, -0.1) is 0 Å². The molecule has 2 N–H and O–H groups in total. The number of halogens is 1. The molecule has 7 nitrogen and oxygen atoms in total. The number of sulfonamides is 1. The Labute approximate surface area is 175 Å². The highest BCUT2D eigenvalue weighted by Gasteiger charge is 2.37. The molecular weight excluding hydrogens is 411 g/mol. The highest BCUT2D eigenvalue weighted by Crippen LogP contribution is 2.31. The van der Waals surface area contributed by atoms with Crippen LogP contribution >= 0.6 is 0 Å². The number of piperidine rings is 1. The van der Waals surface area contributed by atoms with Gasteiger partial charge in [0, 0.05) is 18.7 Å². The lowest BCUT2D eigenvalue weighted by molar-refractivity contribution is -0.129. The number of hydrogen-bond donors (Lipinski definition) is 2. The quantitative estimate of drug-likeness (QED) is 0.490. The van der Waals surface area contributed by atoms with Gasteiger partial charge in [-0.2, -0.15) is 0 Å². The van der Waals surface area contributed by atoms with Crippen LogP contribution in [0.25, 0.3) is 0 Å². The van der Waals surface area contributed by atoms with Gasteiger partial charge in [0.25, 0.3) is 0 Å². The van der Waals surface area contributed by atoms with Crippen molar-refractivity contribution in [3.8, 4) is 0 Å². The van der Waals surface area contributed by atoms with Crippen molar-refractivity contribution in [3.63, 3.8) is 0 Å². The van der Waals surface area contributed by atoms with Crippen molar-refractivity contribution in [2.24, 2.45) is 0 Å². The summed E-state index contributed by atoms with van der Waals surface area (Å²) in [5, 5.41) is 7.77. The number of carbonyl (C=O) groups is 1. The minimum Gasteiger partial charge on any atom is -0.373 e. The summed E-state index contributed by atoms with van der Waals surface area (Å²) in [6.45, 7) is 0.621. The predicted octanol–water partition coefficient (Wildman–Crippen LogP) is 2.77. The van der Waals surface area contributed by atoms with Gasteiger partial charge >= 0.3 is 0 Å². The normalized spacial score (nSPS) is 16.9. The third-order valence-electron chi connectivity index (χ3n) is 5.22. The zero-order valence-corrected chi connectivity index (χ0v) is 17.2. The lowest BCUT2D eigenvalue weighted by atomic mass is 10.1. The van der Waals surface area contributed by atoms with Crippen LogP contribution in [-0.4, -0.2) is 43.0 Å². The van der Waals surface area contributed by atoms with Crippen LogP contribution in [-0.2, 0) is 26.2 Å². The summed E-state index contributed by atoms with van der Waals surface area (Å²) in [5.41, 5.74) is 2.46. The maximum absolute atomic E-state index is 13.7. The molecule has 0 bridgehead atoms. The van der Waals surface area contributed by atoms with Crippen LogP contribution in [0.2, 0.25) is 0 Å². The summed E-state index contributed by atoms with van der Waals surface area (Å²) in [5.74, 6) is -1.10. The van der Waals surface area contributed by atoms with Gasteiger partial charge in [-0.3, -0.25) is 10.0 Å². The maximum atomic E-state index is 13.7. The van der Waals surface area contributed by atoms with Gasteiger partial charge in [-0.05, 0) is 24.5 Å². The Balaban J connectivity index is 1.64. The van der Waals surface area contributed by atoms with Crippen molar-refractivity contribution in [2.45, 2.75) is 37.2 Å². The fourth-order valence-electron chi connectivity index (χ4n) is 3.53. The number of amides is 1. The summed E-state index contributed by atoms with van der Waals surface area (Å²) >= 11 is 0. The Morgan fingerprint density at radius 2 is 1.77 bits per heavy atom. The molecule has 2 aromatic rings. The van der Waals surface area contributed by atoms with Crippen LogP contribution in [0, 0.1) is 5.82 Å². The summed E-state index contributed by atoms with van der Waals surface area (Å²) < 4.78 is 47.4. The number of benzene rings is 2. The molecule has 0 unspecified atom stereocenters. The first-order valence-electron chi connectivity index (χ1n) is 9.73. The first-order valence-corrected chi connectivity index (χ1v) is 11.2. The number of nitrogens with one attached hydrogen (secondary N) is 1. The molecule has 1 heterocycles. The van der Waals surface area contributed by atoms with E-state index in [0.717, 1.165) is 0 Å². The second-order valence-electron chi connectivity index (χ2n) is 7.18. The van der Waals surface area contributed by atoms with Crippen LogP contribution in [0.15, 0.2) is 54.6 Å². The maximum Gasteiger partial charge on any atom is 0.245 e. The smallest absolute Gasteiger partial charge is 0.245 e. The zero-order valence-electron chi connectivity index (χ0n) is 16.4. The molecule has 0 radical (unpaired) electrons. The summed E-state index contributed by atoms with van der Waals surface area (Å²) in [4.78, 5) is 11.7. The number of hydrogen-bond acceptors (Lipinski definition) is 5. The largest absolute Gasteiger partial charge is 0.373 e. The van der Waals surface area contributed by atoms with Crippen molar-refractivity contribution < 1.29 is 27.5 Å². The van der Waals surface area contributed by atoms with E-state index in [0.29, 0.717) is 24.0 Å². The molecule has 30 heavy (non-hydrogen) atoms. The van der Waals surface area contributed by atoms with E-state index in [1.807, 2.05) is 0 Å². The van der Waals surface area contributed by atoms with E-state index in [4.69, 9.17) is 9.94 Å². The molecule has 1 amide bonds. The lowest BCUT2D eigenvalue weighted by Crippen LogP contribution is -2.43. The number of rotatable bonds is 8. The average molecular weight is 437 g/mol. The number of carbonyl (C=O) groups excluding carboxylic acids is 1. The minimum atomic E-state index is -3.83. The van der Waals surface area contributed by atoms with Gasteiger partial charge < -0.3 is 4.74 Å². The van der Waals surface area contributed by atoms with E-state index in [-0.39, 0.29) is 38.0 Å². The standard InChI is InChI=1S/C21H25FN2O5S/c22-19-9-5-4-8-17(19)15-29-18-10-12-24(13-11-18)30(27,28)20(14-21(25)23-26)16-6-2-1-3-7-16/h1-9,18,20,26H,10-15H2,(H,23,25)/t20-/m1/s1. The third kappa shape index (κ3) is 5.42. The molecule has 1 aliphatic heterocycles. The molecule has 0 saturated carbocycles. The first kappa shape index (κ1) is 22.4. The van der Waals surface area contributed by atoms with Crippen molar-refractivity contribution in [1.82, 2.24) is 9.79 Å². The third-order valence-corrected chi connectivity index (χ3v) is 7.46. The Morgan fingerprint density at radius 1 is 1.13 bits per heavy atom. The van der Waals surface area contributed by atoms with Gasteiger partial charge in [-0.1, -0.05) is 48.5 Å². The Kier molecular flexibility index (Phi) is 7.54. The molecule has 1 atom stereocenters. The molecule has 0 spiro atoms. The van der Waals surface area contributed by atoms with Gasteiger partial charge in [0.05, 0.1) is 19.1 Å². The van der Waals surface area contributed by atoms with Gasteiger partial charge in [-0.25, -0.2) is 22.6 Å². The van der Waals surface area contributed by atoms with Crippen molar-refractivity contribution in [2.75, 3.05) is 13.1 Å². The van der Waals surface area contributed by atoms with Crippen LogP contribution in [0.5, 0.6) is 0 Å². The number of nitrogens with zero attached hydrogens (tertiary/aromatic N) is 1. The molecule has 1 fully saturated rings. The predicted molar refractivity (Wildman–Crippen MR) is 108 cm³/mol. The van der Waals surface area contributed by atoms with E-state index in [2.05, 4.69) is 0 Å². The number of ether oxygens (including phenoxy) is 1. The fourth-order valence-corrected chi connectivity index (χ4v) is 5.48. The Hall–Kier alpha value is -2.33. The van der Waals surface area contributed by atoms with E-state index in [1.165, 1.54) is 15.9 Å². The highest BCUT2D eigenvalue weighted by molar-refractivity contribution is 7.89. The van der Waals surface area contributed by atoms with Crippen molar-refractivity contribution >= 4 is 15.9 Å². The highest BCUT2D eigenvalue weighted by atomic mass is 32.2. The van der Waals surface area contributed by atoms with Crippen molar-refractivity contribution in [3.05, 3.63) is 71.5 Å². The topological polar surface area (TPSA) is 95.9 Å². The molecule has 1 saturated heterocycles. The first-order chi connectivity index (χ1) is 14.4. The van der Waals surface area contributed by atoms with Crippen molar-refractivity contribution in [1.29, 1.82) is 0 Å². The van der Waals surface area contributed by atoms with Gasteiger partial charge in [0.2, 0.25) is 15.9 Å². The SMILES string of the molecule is O=C(C[C@H](c1ccccc1)S(=O)(=O)N1CCC(OCc2ccccc2F)CC1)NO. The molecule has 0 aliphatic carbocycles. The average Bonchev–Trinajstić information content (AvgIpc) is 2.77. The summed E-state index contributed by atoms with van der Waals surface area (Å²) in [6.07, 6.45) is 0.391. The van der Waals surface area contributed by atoms with E-state index < -0.39 is 21.2 Å². The molecule has 1 aliphatic rings. The van der Waals surface area contributed by atoms with Gasteiger partial charge in [0.1, 0.15) is 11.1 Å². The molecule has 3 rings (SSSR count). The lowest BCUT2D eigenvalue weighted by Gasteiger charge is -2.33. The monoisotopic (exact) mass is 436 g/mol. The van der Waals surface area contributed by atoms with E-state index in [1.54, 1.807) is 48.5 Å². The minimum absolute atomic E-state index is 0.132. The van der Waals surface area contributed by atoms with E-state index >= 15 is 0 Å². The van der Waals surface area contributed by atoms with Crippen LogP contribution in [0.3, 0.4) is 0 Å². The Morgan fingerprint density at radius 3 is 2.40 bits per heavy atom. The zero-order chi connectivity index (χ0) is 21.6. The summed E-state index contributed by atoms with van der Waals surface area (Å²) in [7, 11) is -3.83. The van der Waals surface area contributed by atoms with Crippen LogP contribution in [0.1, 0.15) is 35.6 Å². The molecule has 0 aromatic heterocycles. The van der Waals surface area contributed by atoms with Crippen LogP contribution < -0.4 is 5.48 Å².